The standard InChI is InChI=1S/C10H16F4O2/c1-3-7(2)4-8(15)5-16-6-10(13,14)9(11)12/h8-9,15H,2-6H2,1H3. The Kier molecular flexibility index (Phi) is 6.59. The topological polar surface area (TPSA) is 29.5 Å². The van der Waals surface area contributed by atoms with E-state index in [1.165, 1.54) is 0 Å². The molecule has 0 aromatic heterocycles. The van der Waals surface area contributed by atoms with Crippen LogP contribution < -0.4 is 0 Å². The van der Waals surface area contributed by atoms with Crippen LogP contribution in [-0.2, 0) is 4.74 Å². The summed E-state index contributed by atoms with van der Waals surface area (Å²) >= 11 is 0. The summed E-state index contributed by atoms with van der Waals surface area (Å²) in [5, 5.41) is 9.27. The minimum Gasteiger partial charge on any atom is -0.390 e. The van der Waals surface area contributed by atoms with Crippen LogP contribution in [0.5, 0.6) is 0 Å². The Morgan fingerprint density at radius 1 is 1.44 bits per heavy atom. The Morgan fingerprint density at radius 2 is 2.00 bits per heavy atom. The van der Waals surface area contributed by atoms with Gasteiger partial charge in [0.1, 0.15) is 6.61 Å². The molecule has 0 rings (SSSR count). The summed E-state index contributed by atoms with van der Waals surface area (Å²) in [5.41, 5.74) is 0.747. The van der Waals surface area contributed by atoms with Gasteiger partial charge in [0.25, 0.3) is 0 Å². The molecule has 1 atom stereocenters. The van der Waals surface area contributed by atoms with E-state index >= 15 is 0 Å². The first-order valence-corrected chi connectivity index (χ1v) is 4.88. The maximum Gasteiger partial charge on any atom is 0.330 e. The van der Waals surface area contributed by atoms with Crippen molar-refractivity contribution in [1.29, 1.82) is 0 Å². The predicted molar refractivity (Wildman–Crippen MR) is 51.8 cm³/mol. The lowest BCUT2D eigenvalue weighted by molar-refractivity contribution is -0.170. The SMILES string of the molecule is C=C(CC)CC(O)COCC(F)(F)C(F)F. The molecular formula is C10H16F4O2. The third kappa shape index (κ3) is 6.07. The van der Waals surface area contributed by atoms with Gasteiger partial charge in [0.15, 0.2) is 0 Å². The van der Waals surface area contributed by atoms with E-state index in [0.29, 0.717) is 6.42 Å². The van der Waals surface area contributed by atoms with Crippen molar-refractivity contribution < 1.29 is 27.4 Å². The van der Waals surface area contributed by atoms with Crippen molar-refractivity contribution in [3.8, 4) is 0 Å². The zero-order valence-electron chi connectivity index (χ0n) is 9.06. The number of aliphatic hydroxyl groups is 1. The molecule has 0 aromatic carbocycles. The van der Waals surface area contributed by atoms with E-state index in [0.717, 1.165) is 5.57 Å². The Bertz CT molecular complexity index is 219. The molecule has 0 heterocycles. The number of aliphatic hydroxyl groups excluding tert-OH is 1. The fourth-order valence-electron chi connectivity index (χ4n) is 0.931. The Labute approximate surface area is 91.9 Å². The molecule has 1 N–H and O–H groups in total. The van der Waals surface area contributed by atoms with E-state index in [9.17, 15) is 22.7 Å². The molecule has 0 aromatic rings. The average Bonchev–Trinajstić information content (AvgIpc) is 2.16. The normalized spacial score (nSPS) is 14.2. The number of hydrogen-bond acceptors (Lipinski definition) is 2. The summed E-state index contributed by atoms with van der Waals surface area (Å²) in [6.45, 7) is 3.66. The largest absolute Gasteiger partial charge is 0.390 e. The summed E-state index contributed by atoms with van der Waals surface area (Å²) in [6, 6.07) is 0. The van der Waals surface area contributed by atoms with Gasteiger partial charge in [0, 0.05) is 0 Å². The minimum absolute atomic E-state index is 0.219. The monoisotopic (exact) mass is 244 g/mol. The van der Waals surface area contributed by atoms with Gasteiger partial charge in [-0.3, -0.25) is 0 Å². The Hall–Kier alpha value is -0.620. The summed E-state index contributed by atoms with van der Waals surface area (Å²) < 4.78 is 52.4. The molecule has 0 aliphatic carbocycles. The van der Waals surface area contributed by atoms with Gasteiger partial charge in [0.2, 0.25) is 0 Å². The fourth-order valence-corrected chi connectivity index (χ4v) is 0.931. The maximum atomic E-state index is 12.4. The van der Waals surface area contributed by atoms with Crippen molar-refractivity contribution in [3.63, 3.8) is 0 Å². The first-order valence-electron chi connectivity index (χ1n) is 4.88. The number of hydrogen-bond donors (Lipinski definition) is 1. The minimum atomic E-state index is -4.17. The van der Waals surface area contributed by atoms with Crippen LogP contribution in [0.15, 0.2) is 12.2 Å². The molecule has 0 saturated carbocycles. The molecule has 2 nitrogen and oxygen atoms in total. The fraction of sp³-hybridized carbons (Fsp3) is 0.800. The zero-order chi connectivity index (χ0) is 12.8. The van der Waals surface area contributed by atoms with Gasteiger partial charge in [-0.25, -0.2) is 8.78 Å². The Morgan fingerprint density at radius 3 is 2.44 bits per heavy atom. The van der Waals surface area contributed by atoms with Crippen LogP contribution in [0.4, 0.5) is 17.6 Å². The van der Waals surface area contributed by atoms with E-state index in [2.05, 4.69) is 11.3 Å². The second-order valence-electron chi connectivity index (χ2n) is 3.54. The lowest BCUT2D eigenvalue weighted by Crippen LogP contribution is -2.33. The van der Waals surface area contributed by atoms with Gasteiger partial charge in [-0.15, -0.1) is 0 Å². The van der Waals surface area contributed by atoms with Gasteiger partial charge in [0.05, 0.1) is 12.7 Å². The highest BCUT2D eigenvalue weighted by atomic mass is 19.3. The van der Waals surface area contributed by atoms with Gasteiger partial charge in [-0.1, -0.05) is 19.1 Å². The molecule has 6 heteroatoms. The first kappa shape index (κ1) is 15.4. The summed E-state index contributed by atoms with van der Waals surface area (Å²) in [5.74, 6) is -4.17. The maximum absolute atomic E-state index is 12.4. The average molecular weight is 244 g/mol. The van der Waals surface area contributed by atoms with Crippen LogP contribution in [0, 0.1) is 0 Å². The molecule has 0 aliphatic heterocycles. The van der Waals surface area contributed by atoms with Crippen LogP contribution in [-0.4, -0.2) is 36.8 Å². The van der Waals surface area contributed by atoms with Crippen LogP contribution in [0.25, 0.3) is 0 Å². The molecule has 96 valence electrons. The number of rotatable bonds is 8. The molecule has 0 radical (unpaired) electrons. The molecule has 0 saturated heterocycles. The van der Waals surface area contributed by atoms with Crippen molar-refractivity contribution in [1.82, 2.24) is 0 Å². The highest BCUT2D eigenvalue weighted by Gasteiger charge is 2.41. The van der Waals surface area contributed by atoms with Crippen molar-refractivity contribution in [2.75, 3.05) is 13.2 Å². The molecule has 0 spiro atoms. The van der Waals surface area contributed by atoms with Crippen molar-refractivity contribution in [2.24, 2.45) is 0 Å². The smallest absolute Gasteiger partial charge is 0.330 e. The van der Waals surface area contributed by atoms with E-state index in [-0.39, 0.29) is 6.42 Å². The number of halogens is 4. The molecule has 0 amide bonds. The first-order chi connectivity index (χ1) is 7.29. The highest BCUT2D eigenvalue weighted by Crippen LogP contribution is 2.23. The van der Waals surface area contributed by atoms with Crippen LogP contribution >= 0.6 is 0 Å². The van der Waals surface area contributed by atoms with Gasteiger partial charge < -0.3 is 9.84 Å². The molecule has 16 heavy (non-hydrogen) atoms. The quantitative estimate of drug-likeness (QED) is 0.525. The Balaban J connectivity index is 3.77. The third-order valence-electron chi connectivity index (χ3n) is 1.95. The third-order valence-corrected chi connectivity index (χ3v) is 1.95. The second-order valence-corrected chi connectivity index (χ2v) is 3.54. The molecular weight excluding hydrogens is 228 g/mol. The van der Waals surface area contributed by atoms with Gasteiger partial charge in [-0.05, 0) is 12.8 Å². The lowest BCUT2D eigenvalue weighted by Gasteiger charge is -2.17. The van der Waals surface area contributed by atoms with Gasteiger partial charge in [-0.2, -0.15) is 8.78 Å². The molecule has 0 fully saturated rings. The van der Waals surface area contributed by atoms with Crippen LogP contribution in [0.3, 0.4) is 0 Å². The van der Waals surface area contributed by atoms with Crippen molar-refractivity contribution in [3.05, 3.63) is 12.2 Å². The summed E-state index contributed by atoms with van der Waals surface area (Å²) in [6.07, 6.45) is -3.86. The van der Waals surface area contributed by atoms with Gasteiger partial charge >= 0.3 is 12.3 Å². The second kappa shape index (κ2) is 6.85. The van der Waals surface area contributed by atoms with E-state index in [4.69, 9.17) is 0 Å². The number of alkyl halides is 4. The molecule has 0 aliphatic rings. The van der Waals surface area contributed by atoms with E-state index in [1.54, 1.807) is 0 Å². The van der Waals surface area contributed by atoms with Crippen molar-refractivity contribution in [2.45, 2.75) is 38.2 Å². The van der Waals surface area contributed by atoms with E-state index < -0.39 is 31.7 Å². The lowest BCUT2D eigenvalue weighted by atomic mass is 10.1. The molecule has 0 bridgehead atoms. The van der Waals surface area contributed by atoms with Crippen molar-refractivity contribution >= 4 is 0 Å². The summed E-state index contributed by atoms with van der Waals surface area (Å²) in [7, 11) is 0. The van der Waals surface area contributed by atoms with Crippen LogP contribution in [0.2, 0.25) is 0 Å². The van der Waals surface area contributed by atoms with E-state index in [1.807, 2.05) is 6.92 Å². The molecule has 1 unspecified atom stereocenters. The summed E-state index contributed by atoms with van der Waals surface area (Å²) in [4.78, 5) is 0. The number of ether oxygens (including phenoxy) is 1. The zero-order valence-corrected chi connectivity index (χ0v) is 9.06. The highest BCUT2D eigenvalue weighted by molar-refractivity contribution is 4.94. The predicted octanol–water partition coefficient (Wildman–Crippen LogP) is 2.62. The van der Waals surface area contributed by atoms with Crippen LogP contribution in [0.1, 0.15) is 19.8 Å².